The molecule has 0 N–H and O–H groups in total. The summed E-state index contributed by atoms with van der Waals surface area (Å²) >= 11 is 0. The lowest BCUT2D eigenvalue weighted by molar-refractivity contribution is 0.493. The van der Waals surface area contributed by atoms with Gasteiger partial charge in [-0.3, -0.25) is 0 Å². The fraction of sp³-hybridized carbons (Fsp3) is 0.103. The van der Waals surface area contributed by atoms with Gasteiger partial charge in [0.05, 0.1) is 6.26 Å². The van der Waals surface area contributed by atoms with E-state index in [1.54, 1.807) is 18.2 Å². The van der Waals surface area contributed by atoms with E-state index < -0.39 is 10.1 Å². The van der Waals surface area contributed by atoms with Crippen LogP contribution in [0.15, 0.2) is 112 Å². The average Bonchev–Trinajstić information content (AvgIpc) is 3.51. The van der Waals surface area contributed by atoms with Gasteiger partial charge in [0.15, 0.2) is 17.6 Å². The van der Waals surface area contributed by atoms with Crippen LogP contribution in [0.5, 0.6) is 5.75 Å². The second kappa shape index (κ2) is 11.5. The summed E-state index contributed by atoms with van der Waals surface area (Å²) in [6.45, 7) is 3.93. The molecule has 0 saturated heterocycles. The van der Waals surface area contributed by atoms with Crippen molar-refractivity contribution in [1.82, 2.24) is 9.97 Å². The average molecular weight is 515 g/mol. The van der Waals surface area contributed by atoms with Crippen molar-refractivity contribution >= 4 is 32.3 Å². The quantitative estimate of drug-likeness (QED) is 0.235. The van der Waals surface area contributed by atoms with E-state index in [0.717, 1.165) is 39.6 Å². The SMILES string of the molecule is Cc1cccc(-c2nc3ccccc3o2)c1.Cc1cccc(OS(C)(=O)=O)c1.c1ccc2ocnc2c1. The number of rotatable bonds is 3. The molecule has 0 bridgehead atoms. The molecule has 4 aromatic carbocycles. The van der Waals surface area contributed by atoms with E-state index in [0.29, 0.717) is 11.6 Å². The van der Waals surface area contributed by atoms with Gasteiger partial charge in [0.1, 0.15) is 16.8 Å². The van der Waals surface area contributed by atoms with Crippen LogP contribution in [0.1, 0.15) is 11.1 Å². The number of nitrogens with zero attached hydrogens (tertiary/aromatic N) is 2. The molecule has 7 nitrogen and oxygen atoms in total. The smallest absolute Gasteiger partial charge is 0.306 e. The van der Waals surface area contributed by atoms with E-state index in [1.165, 1.54) is 12.0 Å². The van der Waals surface area contributed by atoms with Crippen LogP contribution >= 0.6 is 0 Å². The molecule has 0 atom stereocenters. The third-order valence-corrected chi connectivity index (χ3v) is 5.53. The molecule has 0 aliphatic rings. The van der Waals surface area contributed by atoms with E-state index in [9.17, 15) is 8.42 Å². The highest BCUT2D eigenvalue weighted by molar-refractivity contribution is 7.86. The topological polar surface area (TPSA) is 95.4 Å². The van der Waals surface area contributed by atoms with E-state index in [1.807, 2.05) is 73.7 Å². The minimum absolute atomic E-state index is 0.359. The van der Waals surface area contributed by atoms with E-state index in [2.05, 4.69) is 33.2 Å². The molecule has 0 aliphatic heterocycles. The Kier molecular flexibility index (Phi) is 8.00. The number of hydrogen-bond acceptors (Lipinski definition) is 7. The van der Waals surface area contributed by atoms with Crippen molar-refractivity contribution in [2.45, 2.75) is 13.8 Å². The maximum atomic E-state index is 10.7. The first-order valence-corrected chi connectivity index (χ1v) is 13.3. The van der Waals surface area contributed by atoms with E-state index in [4.69, 9.17) is 8.83 Å². The number of aromatic nitrogens is 2. The van der Waals surface area contributed by atoms with Crippen molar-refractivity contribution in [2.75, 3.05) is 6.26 Å². The van der Waals surface area contributed by atoms with Crippen molar-refractivity contribution in [3.8, 4) is 17.2 Å². The molecule has 0 aliphatic carbocycles. The van der Waals surface area contributed by atoms with Gasteiger partial charge in [0.2, 0.25) is 5.89 Å². The Morgan fingerprint density at radius 1 is 0.730 bits per heavy atom. The second-order valence-corrected chi connectivity index (χ2v) is 9.86. The number of benzene rings is 4. The Bertz CT molecular complexity index is 1660. The first-order chi connectivity index (χ1) is 17.8. The van der Waals surface area contributed by atoms with Crippen molar-refractivity contribution in [3.63, 3.8) is 0 Å². The molecule has 0 fully saturated rings. The summed E-state index contributed by atoms with van der Waals surface area (Å²) in [5.41, 5.74) is 6.69. The van der Waals surface area contributed by atoms with Crippen LogP contribution in [-0.4, -0.2) is 24.6 Å². The number of oxazole rings is 2. The fourth-order valence-corrected chi connectivity index (χ4v) is 3.87. The van der Waals surface area contributed by atoms with Crippen molar-refractivity contribution in [3.05, 3.63) is 115 Å². The Balaban J connectivity index is 0.000000136. The maximum absolute atomic E-state index is 10.7. The third-order valence-electron chi connectivity index (χ3n) is 5.03. The standard InChI is InChI=1S/C14H11NO.C8H10O3S.C7H5NO/c1-10-5-4-6-11(9-10)14-15-12-7-2-3-8-13(12)16-14;1-7-4-3-5-8(6-7)11-12(2,9)10;1-2-4-7-6(3-1)8-5-9-7/h2-9H,1H3;3-6H,1-2H3;1-5H. The molecular formula is C29H26N2O5S. The predicted octanol–water partition coefficient (Wildman–Crippen LogP) is 6.96. The highest BCUT2D eigenvalue weighted by atomic mass is 32.2. The van der Waals surface area contributed by atoms with Gasteiger partial charge in [-0.15, -0.1) is 0 Å². The van der Waals surface area contributed by atoms with Crippen LogP contribution in [0, 0.1) is 13.8 Å². The molecule has 0 unspecified atom stereocenters. The molecule has 0 saturated carbocycles. The van der Waals surface area contributed by atoms with Crippen LogP contribution in [0.4, 0.5) is 0 Å². The van der Waals surface area contributed by atoms with Gasteiger partial charge >= 0.3 is 10.1 Å². The van der Waals surface area contributed by atoms with Crippen LogP contribution in [0.2, 0.25) is 0 Å². The van der Waals surface area contributed by atoms with Gasteiger partial charge in [-0.25, -0.2) is 9.97 Å². The van der Waals surface area contributed by atoms with E-state index >= 15 is 0 Å². The summed E-state index contributed by atoms with van der Waals surface area (Å²) in [7, 11) is -3.39. The summed E-state index contributed by atoms with van der Waals surface area (Å²) < 4.78 is 36.7. The first-order valence-electron chi connectivity index (χ1n) is 11.4. The molecule has 37 heavy (non-hydrogen) atoms. The van der Waals surface area contributed by atoms with Crippen molar-refractivity contribution < 1.29 is 21.4 Å². The lowest BCUT2D eigenvalue weighted by Crippen LogP contribution is -2.05. The molecule has 2 aromatic heterocycles. The first kappa shape index (κ1) is 25.7. The Morgan fingerprint density at radius 3 is 2.03 bits per heavy atom. The van der Waals surface area contributed by atoms with Crippen LogP contribution in [-0.2, 0) is 10.1 Å². The van der Waals surface area contributed by atoms with Crippen molar-refractivity contribution in [2.24, 2.45) is 0 Å². The van der Waals surface area contributed by atoms with Gasteiger partial charge in [0, 0.05) is 5.56 Å². The van der Waals surface area contributed by atoms with Crippen LogP contribution in [0.3, 0.4) is 0 Å². The van der Waals surface area contributed by atoms with Crippen LogP contribution < -0.4 is 4.18 Å². The highest BCUT2D eigenvalue weighted by Gasteiger charge is 2.07. The zero-order chi connectivity index (χ0) is 26.3. The third kappa shape index (κ3) is 7.52. The predicted molar refractivity (Wildman–Crippen MR) is 145 cm³/mol. The lowest BCUT2D eigenvalue weighted by Gasteiger charge is -2.02. The molecule has 6 rings (SSSR count). The summed E-state index contributed by atoms with van der Waals surface area (Å²) in [6.07, 6.45) is 2.47. The summed E-state index contributed by atoms with van der Waals surface area (Å²) in [5.74, 6) is 1.04. The molecule has 8 heteroatoms. The van der Waals surface area contributed by atoms with Crippen molar-refractivity contribution in [1.29, 1.82) is 0 Å². The number of hydrogen-bond donors (Lipinski definition) is 0. The zero-order valence-electron chi connectivity index (χ0n) is 20.7. The van der Waals surface area contributed by atoms with Gasteiger partial charge in [-0.2, -0.15) is 8.42 Å². The Labute approximate surface area is 215 Å². The number of aryl methyl sites for hydroxylation is 2. The fourth-order valence-electron chi connectivity index (χ4n) is 3.42. The zero-order valence-corrected chi connectivity index (χ0v) is 21.5. The summed E-state index contributed by atoms with van der Waals surface area (Å²) in [5, 5.41) is 0. The molecule has 0 radical (unpaired) electrons. The van der Waals surface area contributed by atoms with Crippen LogP contribution in [0.25, 0.3) is 33.7 Å². The number of para-hydroxylation sites is 4. The second-order valence-electron chi connectivity index (χ2n) is 8.28. The molecular weight excluding hydrogens is 488 g/mol. The minimum Gasteiger partial charge on any atom is -0.443 e. The normalized spacial score (nSPS) is 10.8. The summed E-state index contributed by atoms with van der Waals surface area (Å²) in [6, 6.07) is 30.5. The lowest BCUT2D eigenvalue weighted by atomic mass is 10.1. The molecule has 188 valence electrons. The molecule has 2 heterocycles. The number of fused-ring (bicyclic) bond motifs is 2. The van der Waals surface area contributed by atoms with Gasteiger partial charge < -0.3 is 13.0 Å². The Hall–Kier alpha value is -4.43. The van der Waals surface area contributed by atoms with Gasteiger partial charge in [-0.1, -0.05) is 54.1 Å². The Morgan fingerprint density at radius 2 is 1.38 bits per heavy atom. The summed E-state index contributed by atoms with van der Waals surface area (Å²) in [4.78, 5) is 8.41. The van der Waals surface area contributed by atoms with E-state index in [-0.39, 0.29) is 0 Å². The highest BCUT2D eigenvalue weighted by Crippen LogP contribution is 2.24. The largest absolute Gasteiger partial charge is 0.443 e. The maximum Gasteiger partial charge on any atom is 0.306 e. The molecule has 0 spiro atoms. The molecule has 0 amide bonds. The van der Waals surface area contributed by atoms with Gasteiger partial charge in [-0.05, 0) is 67.9 Å². The minimum atomic E-state index is -3.39. The molecule has 6 aromatic rings. The van der Waals surface area contributed by atoms with Gasteiger partial charge in [0.25, 0.3) is 0 Å². The monoisotopic (exact) mass is 514 g/mol.